The summed E-state index contributed by atoms with van der Waals surface area (Å²) in [6.45, 7) is 2.48. The predicted octanol–water partition coefficient (Wildman–Crippen LogP) is 2.32. The van der Waals surface area contributed by atoms with E-state index in [1.807, 2.05) is 6.08 Å². The van der Waals surface area contributed by atoms with Gasteiger partial charge in [0.2, 0.25) is 11.8 Å². The average molecular weight is 990 g/mol. The number of anilines is 1. The lowest BCUT2D eigenvalue weighted by Gasteiger charge is -2.30. The lowest BCUT2D eigenvalue weighted by atomic mass is 9.87. The normalized spacial score (nSPS) is 20.5. The fraction of sp³-hybridized carbons (Fsp3) is 0.686. The summed E-state index contributed by atoms with van der Waals surface area (Å²) in [6, 6.07) is 0. The topological polar surface area (TPSA) is 381 Å². The van der Waals surface area contributed by atoms with Crippen molar-refractivity contribution in [2.24, 2.45) is 5.41 Å². The number of imidazole rings is 1. The van der Waals surface area contributed by atoms with E-state index in [1.165, 1.54) is 39.5 Å². The molecule has 1 aliphatic heterocycles. The van der Waals surface area contributed by atoms with Crippen LogP contribution in [0.25, 0.3) is 11.2 Å². The fourth-order valence-corrected chi connectivity index (χ4v) is 9.48. The van der Waals surface area contributed by atoms with Crippen molar-refractivity contribution in [2.75, 3.05) is 37.8 Å². The number of allylic oxidation sites excluding steroid dienone is 2. The molecule has 0 saturated carbocycles. The summed E-state index contributed by atoms with van der Waals surface area (Å²) in [7, 11) is -16.4. The number of hydrogen-bond donors (Lipinski definition) is 9. The third-order valence-electron chi connectivity index (χ3n) is 9.34. The standard InChI is InChI=1S/C35H58N7O18P3S/c1-4-5-6-7-8-9-10-11-12-13-23(43)18-26(45)64-17-16-37-25(44)14-15-38-33(48)30(47)35(2,3)20-57-63(54,55)60-62(52,53)56-19-24-29(59-61(49,50)51)28(46)34(58-24)42-22-41-27-31(36)39-21-40-32(27)42/h11-12,21-22,24,28-30,34,46-47H,4-10,13-20H2,1-3H3,(H,37,44)(H,38,48)(H,52,53)(H,54,55)(H2,36,39,40)(H2,49,50,51)/b12-11-/t24-,28-,29-,30+,34-/m1/s1. The van der Waals surface area contributed by atoms with Crippen molar-refractivity contribution in [1.82, 2.24) is 30.2 Å². The maximum atomic E-state index is 12.7. The summed E-state index contributed by atoms with van der Waals surface area (Å²) in [5, 5.41) is 26.1. The second kappa shape index (κ2) is 25.8. The monoisotopic (exact) mass is 989 g/mol. The van der Waals surface area contributed by atoms with Crippen LogP contribution in [0.2, 0.25) is 0 Å². The van der Waals surface area contributed by atoms with Crippen LogP contribution in [0.15, 0.2) is 24.8 Å². The van der Waals surface area contributed by atoms with E-state index >= 15 is 0 Å². The van der Waals surface area contributed by atoms with Gasteiger partial charge in [0, 0.05) is 37.1 Å². The molecule has 25 nitrogen and oxygen atoms in total. The van der Waals surface area contributed by atoms with Crippen LogP contribution in [0.4, 0.5) is 5.82 Å². The number of nitrogens with two attached hydrogens (primary N) is 1. The fourth-order valence-electron chi connectivity index (χ4n) is 5.95. The number of nitrogens with zero attached hydrogens (tertiary/aromatic N) is 4. The quantitative estimate of drug-likeness (QED) is 0.0235. The highest BCUT2D eigenvalue weighted by Gasteiger charge is 2.50. The van der Waals surface area contributed by atoms with Gasteiger partial charge in [-0.15, -0.1) is 0 Å². The van der Waals surface area contributed by atoms with Crippen LogP contribution >= 0.6 is 35.2 Å². The predicted molar refractivity (Wildman–Crippen MR) is 228 cm³/mol. The van der Waals surface area contributed by atoms with Crippen LogP contribution in [0.5, 0.6) is 0 Å². The second-order valence-corrected chi connectivity index (χ2v) is 20.6. The molecule has 0 bridgehead atoms. The average Bonchev–Trinajstić information content (AvgIpc) is 3.76. The number of Topliss-reactive ketones (excluding diaryl/α,β-unsaturated/α-hetero) is 1. The van der Waals surface area contributed by atoms with Gasteiger partial charge in [-0.25, -0.2) is 28.6 Å². The minimum atomic E-state index is -5.59. The van der Waals surface area contributed by atoms with Crippen molar-refractivity contribution < 1.29 is 85.3 Å². The number of aliphatic hydroxyl groups is 2. The van der Waals surface area contributed by atoms with E-state index in [0.29, 0.717) is 0 Å². The minimum absolute atomic E-state index is 0.0247. The van der Waals surface area contributed by atoms with Gasteiger partial charge < -0.3 is 50.9 Å². The maximum Gasteiger partial charge on any atom is 0.481 e. The molecule has 29 heteroatoms. The number of nitrogen functional groups attached to an aromatic ring is 1. The summed E-state index contributed by atoms with van der Waals surface area (Å²) in [6.07, 6.45) is 4.66. The number of aromatic nitrogens is 4. The first-order chi connectivity index (χ1) is 29.9. The molecule has 2 amide bonds. The van der Waals surface area contributed by atoms with Gasteiger partial charge >= 0.3 is 23.5 Å². The van der Waals surface area contributed by atoms with E-state index < -0.39 is 84.6 Å². The highest BCUT2D eigenvalue weighted by Crippen LogP contribution is 2.61. The van der Waals surface area contributed by atoms with Crippen molar-refractivity contribution in [3.05, 3.63) is 24.8 Å². The Morgan fingerprint density at radius 1 is 0.984 bits per heavy atom. The van der Waals surface area contributed by atoms with Gasteiger partial charge in [-0.1, -0.05) is 76.8 Å². The number of carbonyl (C=O) groups is 4. The van der Waals surface area contributed by atoms with E-state index in [2.05, 4.69) is 41.3 Å². The third kappa shape index (κ3) is 19.1. The molecular formula is C35H58N7O18P3S. The van der Waals surface area contributed by atoms with Crippen molar-refractivity contribution in [3.8, 4) is 0 Å². The zero-order valence-electron chi connectivity index (χ0n) is 35.5. The summed E-state index contributed by atoms with van der Waals surface area (Å²) in [4.78, 5) is 100. The zero-order valence-corrected chi connectivity index (χ0v) is 39.0. The lowest BCUT2D eigenvalue weighted by molar-refractivity contribution is -0.137. The van der Waals surface area contributed by atoms with Gasteiger partial charge in [0.1, 0.15) is 42.0 Å². The van der Waals surface area contributed by atoms with Crippen LogP contribution < -0.4 is 16.4 Å². The van der Waals surface area contributed by atoms with Gasteiger partial charge in [0.15, 0.2) is 22.8 Å². The van der Waals surface area contributed by atoms with Gasteiger partial charge in [-0.3, -0.25) is 37.3 Å². The van der Waals surface area contributed by atoms with E-state index in [-0.39, 0.29) is 66.0 Å². The molecule has 362 valence electrons. The minimum Gasteiger partial charge on any atom is -0.386 e. The number of ketones is 1. The number of carbonyl (C=O) groups excluding carboxylic acids is 4. The number of thioether (sulfide) groups is 1. The van der Waals surface area contributed by atoms with Crippen molar-refractivity contribution >= 4 is 74.9 Å². The number of aliphatic hydroxyl groups excluding tert-OH is 2. The number of ether oxygens (including phenoxy) is 1. The number of phosphoric acid groups is 3. The largest absolute Gasteiger partial charge is 0.481 e. The number of hydrogen-bond acceptors (Lipinski definition) is 19. The first-order valence-electron chi connectivity index (χ1n) is 20.2. The molecule has 1 fully saturated rings. The number of phosphoric ester groups is 3. The Hall–Kier alpha value is -3.03. The van der Waals surface area contributed by atoms with Crippen molar-refractivity contribution in [2.45, 2.75) is 116 Å². The van der Waals surface area contributed by atoms with Gasteiger partial charge in [0.25, 0.3) is 0 Å². The summed E-state index contributed by atoms with van der Waals surface area (Å²) in [5.41, 5.74) is 4.23. The molecule has 7 atom stereocenters. The number of amides is 2. The molecule has 0 aromatic carbocycles. The number of nitrogens with one attached hydrogen (secondary N) is 2. The number of fused-ring (bicyclic) bond motifs is 1. The summed E-state index contributed by atoms with van der Waals surface area (Å²) < 4.78 is 62.3. The Kier molecular flexibility index (Phi) is 22.3. The molecule has 3 rings (SSSR count). The molecule has 0 spiro atoms. The molecule has 2 aromatic heterocycles. The van der Waals surface area contributed by atoms with Crippen LogP contribution in [0, 0.1) is 5.41 Å². The Labute approximate surface area is 373 Å². The van der Waals surface area contributed by atoms with E-state index in [1.54, 1.807) is 6.08 Å². The van der Waals surface area contributed by atoms with Crippen LogP contribution in [0.1, 0.15) is 91.2 Å². The molecule has 0 radical (unpaired) electrons. The van der Waals surface area contributed by atoms with Crippen LogP contribution in [-0.2, 0) is 55.5 Å². The summed E-state index contributed by atoms with van der Waals surface area (Å²) >= 11 is 0.910. The number of rotatable bonds is 30. The second-order valence-electron chi connectivity index (χ2n) is 15.2. The molecular weight excluding hydrogens is 931 g/mol. The summed E-state index contributed by atoms with van der Waals surface area (Å²) in [5.74, 6) is -1.52. The van der Waals surface area contributed by atoms with E-state index in [9.17, 15) is 62.7 Å². The Morgan fingerprint density at radius 3 is 2.38 bits per heavy atom. The van der Waals surface area contributed by atoms with Gasteiger partial charge in [-0.05, 0) is 12.8 Å². The zero-order chi connectivity index (χ0) is 47.7. The Balaban J connectivity index is 1.37. The Bertz CT molecular complexity index is 2060. The molecule has 1 aliphatic rings. The maximum absolute atomic E-state index is 12.7. The molecule has 3 heterocycles. The highest BCUT2D eigenvalue weighted by molar-refractivity contribution is 8.13. The smallest absolute Gasteiger partial charge is 0.386 e. The van der Waals surface area contributed by atoms with E-state index in [4.69, 9.17) is 19.5 Å². The highest BCUT2D eigenvalue weighted by atomic mass is 32.2. The van der Waals surface area contributed by atoms with Crippen molar-refractivity contribution in [1.29, 1.82) is 0 Å². The van der Waals surface area contributed by atoms with E-state index in [0.717, 1.165) is 48.2 Å². The first kappa shape index (κ1) is 55.3. The molecule has 64 heavy (non-hydrogen) atoms. The lowest BCUT2D eigenvalue weighted by Crippen LogP contribution is -2.46. The SMILES string of the molecule is CCCCCCCC/C=C\CC(=O)CC(=O)SCCNC(=O)CCNC(=O)[C@H](O)C(C)(C)COP(=O)(O)OP(=O)(O)OC[C@H]1O[C@@H](n2cnc3c(N)ncnc32)[C@H](O)[C@@H]1OP(=O)(O)O. The molecule has 2 unspecified atom stereocenters. The van der Waals surface area contributed by atoms with Gasteiger partial charge in [-0.2, -0.15) is 4.31 Å². The molecule has 2 aromatic rings. The van der Waals surface area contributed by atoms with Crippen LogP contribution in [0.3, 0.4) is 0 Å². The third-order valence-corrected chi connectivity index (χ3v) is 13.3. The molecule has 0 aliphatic carbocycles. The first-order valence-corrected chi connectivity index (χ1v) is 25.7. The van der Waals surface area contributed by atoms with Gasteiger partial charge in [0.05, 0.1) is 26.0 Å². The number of unbranched alkanes of at least 4 members (excludes halogenated alkanes) is 6. The Morgan fingerprint density at radius 2 is 1.67 bits per heavy atom. The van der Waals surface area contributed by atoms with Crippen LogP contribution in [-0.4, -0.2) is 128 Å². The van der Waals surface area contributed by atoms with Crippen molar-refractivity contribution in [3.63, 3.8) is 0 Å². The molecule has 1 saturated heterocycles. The molecule has 10 N–H and O–H groups in total.